The van der Waals surface area contributed by atoms with Crippen molar-refractivity contribution < 1.29 is 4.39 Å². The van der Waals surface area contributed by atoms with Crippen LogP contribution in [0.1, 0.15) is 0 Å². The lowest BCUT2D eigenvalue weighted by atomic mass is 10.1. The van der Waals surface area contributed by atoms with E-state index in [2.05, 4.69) is 4.98 Å². The second-order valence-electron chi connectivity index (χ2n) is 4.06. The molecule has 0 bridgehead atoms. The number of aromatic nitrogens is 1. The highest BCUT2D eigenvalue weighted by atomic mass is 32.2. The summed E-state index contributed by atoms with van der Waals surface area (Å²) in [7, 11) is 0. The largest absolute Gasteiger partial charge is 0.351 e. The lowest BCUT2D eigenvalue weighted by Gasteiger charge is -2.01. The van der Waals surface area contributed by atoms with Crippen LogP contribution in [0.2, 0.25) is 0 Å². The van der Waals surface area contributed by atoms with Gasteiger partial charge in [0.15, 0.2) is 0 Å². The van der Waals surface area contributed by atoms with E-state index in [1.807, 2.05) is 42.7 Å². The number of hydrogen-bond acceptors (Lipinski definition) is 1. The fourth-order valence-corrected chi connectivity index (χ4v) is 2.94. The molecule has 0 aliphatic heterocycles. The lowest BCUT2D eigenvalue weighted by molar-refractivity contribution is 0.637. The van der Waals surface area contributed by atoms with Crippen molar-refractivity contribution in [2.24, 2.45) is 0 Å². The summed E-state index contributed by atoms with van der Waals surface area (Å²) < 4.78 is 13.8. The quantitative estimate of drug-likeness (QED) is 0.658. The standard InChI is InChI=1S/C15H12FNS/c1-18-15-11-8-5-9-12(16)14(11)17-13(15)10-6-3-2-4-7-10/h2-9,17H,1H3. The maximum absolute atomic E-state index is 13.8. The minimum absolute atomic E-state index is 0.204. The highest BCUT2D eigenvalue weighted by Gasteiger charge is 2.14. The molecule has 0 atom stereocenters. The molecule has 3 rings (SSSR count). The van der Waals surface area contributed by atoms with Gasteiger partial charge in [-0.3, -0.25) is 0 Å². The van der Waals surface area contributed by atoms with Gasteiger partial charge >= 0.3 is 0 Å². The van der Waals surface area contributed by atoms with Crippen molar-refractivity contribution >= 4 is 22.7 Å². The van der Waals surface area contributed by atoms with E-state index in [0.717, 1.165) is 21.5 Å². The van der Waals surface area contributed by atoms with Crippen molar-refractivity contribution in [3.8, 4) is 11.3 Å². The van der Waals surface area contributed by atoms with Gasteiger partial charge in [0.05, 0.1) is 11.2 Å². The summed E-state index contributed by atoms with van der Waals surface area (Å²) in [6.45, 7) is 0. The first kappa shape index (κ1) is 11.4. The smallest absolute Gasteiger partial charge is 0.147 e. The second-order valence-corrected chi connectivity index (χ2v) is 4.88. The molecule has 3 heteroatoms. The maximum Gasteiger partial charge on any atom is 0.147 e. The van der Waals surface area contributed by atoms with Crippen LogP contribution in [0.25, 0.3) is 22.2 Å². The van der Waals surface area contributed by atoms with Crippen molar-refractivity contribution in [1.29, 1.82) is 0 Å². The molecule has 90 valence electrons. The third kappa shape index (κ3) is 1.71. The first-order valence-electron chi connectivity index (χ1n) is 5.71. The van der Waals surface area contributed by atoms with Crippen molar-refractivity contribution in [2.45, 2.75) is 4.90 Å². The van der Waals surface area contributed by atoms with Gasteiger partial charge < -0.3 is 4.98 Å². The second kappa shape index (κ2) is 4.50. The molecule has 2 aromatic carbocycles. The van der Waals surface area contributed by atoms with Gasteiger partial charge in [-0.1, -0.05) is 42.5 Å². The van der Waals surface area contributed by atoms with Gasteiger partial charge in [0.2, 0.25) is 0 Å². The molecule has 0 saturated heterocycles. The Kier molecular flexibility index (Phi) is 2.84. The molecule has 1 N–H and O–H groups in total. The van der Waals surface area contributed by atoms with Crippen LogP contribution >= 0.6 is 11.8 Å². The normalized spacial score (nSPS) is 11.0. The summed E-state index contributed by atoms with van der Waals surface area (Å²) in [5.41, 5.74) is 2.65. The van der Waals surface area contributed by atoms with Crippen LogP contribution in [-0.4, -0.2) is 11.2 Å². The van der Waals surface area contributed by atoms with Crippen LogP contribution in [0.3, 0.4) is 0 Å². The molecule has 1 heterocycles. The van der Waals surface area contributed by atoms with Gasteiger partial charge in [-0.15, -0.1) is 11.8 Å². The number of hydrogen-bond donors (Lipinski definition) is 1. The summed E-state index contributed by atoms with van der Waals surface area (Å²) in [6.07, 6.45) is 2.01. The van der Waals surface area contributed by atoms with E-state index in [-0.39, 0.29) is 5.82 Å². The predicted octanol–water partition coefficient (Wildman–Crippen LogP) is 4.70. The SMILES string of the molecule is CSc1c(-c2ccccc2)[nH]c2c(F)cccc12. The van der Waals surface area contributed by atoms with Gasteiger partial charge in [0, 0.05) is 10.3 Å². The molecule has 0 unspecified atom stereocenters. The topological polar surface area (TPSA) is 15.8 Å². The first-order chi connectivity index (χ1) is 8.81. The molecule has 0 radical (unpaired) electrons. The van der Waals surface area contributed by atoms with Crippen LogP contribution in [-0.2, 0) is 0 Å². The Labute approximate surface area is 109 Å². The van der Waals surface area contributed by atoms with Crippen molar-refractivity contribution in [3.05, 3.63) is 54.3 Å². The fraction of sp³-hybridized carbons (Fsp3) is 0.0667. The van der Waals surface area contributed by atoms with E-state index in [1.165, 1.54) is 6.07 Å². The number of nitrogens with one attached hydrogen (secondary N) is 1. The summed E-state index contributed by atoms with van der Waals surface area (Å²) in [5, 5.41) is 0.946. The monoisotopic (exact) mass is 257 g/mol. The van der Waals surface area contributed by atoms with Crippen LogP contribution in [0.15, 0.2) is 53.4 Å². The molecule has 0 amide bonds. The molecule has 0 saturated carbocycles. The molecular weight excluding hydrogens is 245 g/mol. The zero-order chi connectivity index (χ0) is 12.5. The summed E-state index contributed by atoms with van der Waals surface area (Å²) in [6, 6.07) is 15.2. The number of fused-ring (bicyclic) bond motifs is 1. The Balaban J connectivity index is 2.33. The fourth-order valence-electron chi connectivity index (χ4n) is 2.18. The molecule has 0 fully saturated rings. The van der Waals surface area contributed by atoms with Gasteiger partial charge in [-0.25, -0.2) is 4.39 Å². The molecule has 0 aliphatic carbocycles. The Morgan fingerprint density at radius 2 is 1.78 bits per heavy atom. The van der Waals surface area contributed by atoms with Crippen LogP contribution < -0.4 is 0 Å². The number of rotatable bonds is 2. The van der Waals surface area contributed by atoms with E-state index >= 15 is 0 Å². The van der Waals surface area contributed by atoms with Gasteiger partial charge in [0.25, 0.3) is 0 Å². The maximum atomic E-state index is 13.8. The molecule has 1 nitrogen and oxygen atoms in total. The molecule has 18 heavy (non-hydrogen) atoms. The predicted molar refractivity (Wildman–Crippen MR) is 75.5 cm³/mol. The number of aromatic amines is 1. The molecule has 3 aromatic rings. The van der Waals surface area contributed by atoms with Crippen LogP contribution in [0.5, 0.6) is 0 Å². The lowest BCUT2D eigenvalue weighted by Crippen LogP contribution is -1.79. The minimum Gasteiger partial charge on any atom is -0.351 e. The molecule has 1 aromatic heterocycles. The zero-order valence-corrected chi connectivity index (χ0v) is 10.7. The average Bonchev–Trinajstić information content (AvgIpc) is 2.80. The summed E-state index contributed by atoms with van der Waals surface area (Å²) in [4.78, 5) is 4.30. The van der Waals surface area contributed by atoms with Crippen molar-refractivity contribution in [3.63, 3.8) is 0 Å². The third-order valence-electron chi connectivity index (χ3n) is 3.00. The Morgan fingerprint density at radius 1 is 1.00 bits per heavy atom. The van der Waals surface area contributed by atoms with Crippen LogP contribution in [0, 0.1) is 5.82 Å². The highest BCUT2D eigenvalue weighted by molar-refractivity contribution is 7.99. The Bertz CT molecular complexity index is 688. The first-order valence-corrected chi connectivity index (χ1v) is 6.93. The van der Waals surface area contributed by atoms with Gasteiger partial charge in [0.1, 0.15) is 5.82 Å². The minimum atomic E-state index is -0.204. The van der Waals surface area contributed by atoms with E-state index in [1.54, 1.807) is 17.8 Å². The number of benzene rings is 2. The van der Waals surface area contributed by atoms with Gasteiger partial charge in [-0.2, -0.15) is 0 Å². The zero-order valence-electron chi connectivity index (χ0n) is 9.91. The molecular formula is C15H12FNS. The number of para-hydroxylation sites is 1. The third-order valence-corrected chi connectivity index (χ3v) is 3.83. The van der Waals surface area contributed by atoms with Crippen molar-refractivity contribution in [1.82, 2.24) is 4.98 Å². The molecule has 0 aliphatic rings. The van der Waals surface area contributed by atoms with E-state index in [4.69, 9.17) is 0 Å². The number of H-pyrrole nitrogens is 1. The highest BCUT2D eigenvalue weighted by Crippen LogP contribution is 2.37. The van der Waals surface area contributed by atoms with E-state index in [9.17, 15) is 4.39 Å². The Hall–Kier alpha value is -1.74. The number of halogens is 1. The molecule has 0 spiro atoms. The Morgan fingerprint density at radius 3 is 2.50 bits per heavy atom. The van der Waals surface area contributed by atoms with E-state index < -0.39 is 0 Å². The average molecular weight is 257 g/mol. The summed E-state index contributed by atoms with van der Waals surface area (Å²) >= 11 is 1.64. The van der Waals surface area contributed by atoms with E-state index in [0.29, 0.717) is 5.52 Å². The van der Waals surface area contributed by atoms with Crippen molar-refractivity contribution in [2.75, 3.05) is 6.26 Å². The summed E-state index contributed by atoms with van der Waals surface area (Å²) in [5.74, 6) is -0.204. The van der Waals surface area contributed by atoms with Crippen LogP contribution in [0.4, 0.5) is 4.39 Å². The number of thioether (sulfide) groups is 1. The van der Waals surface area contributed by atoms with Gasteiger partial charge in [-0.05, 0) is 17.9 Å².